The molecule has 0 aliphatic rings. The van der Waals surface area contributed by atoms with Gasteiger partial charge in [-0.2, -0.15) is 5.10 Å². The fraction of sp³-hybridized carbons (Fsp3) is 0.250. The number of aromatic amines is 1. The second kappa shape index (κ2) is 5.51. The molecule has 108 valence electrons. The van der Waals surface area contributed by atoms with Crippen molar-refractivity contribution in [3.63, 3.8) is 0 Å². The number of H-pyrrole nitrogens is 1. The third kappa shape index (κ3) is 2.91. The van der Waals surface area contributed by atoms with Gasteiger partial charge in [0.15, 0.2) is 0 Å². The summed E-state index contributed by atoms with van der Waals surface area (Å²) in [5, 5.41) is 9.62. The molecule has 1 aromatic heterocycles. The molecule has 0 unspecified atom stereocenters. The molecular formula is C12H17N5O2S. The molecule has 8 heteroatoms. The number of rotatable bonds is 5. The summed E-state index contributed by atoms with van der Waals surface area (Å²) in [5.74, 6) is 0.518. The summed E-state index contributed by atoms with van der Waals surface area (Å²) >= 11 is 0. The zero-order valence-electron chi connectivity index (χ0n) is 11.3. The predicted molar refractivity (Wildman–Crippen MR) is 77.6 cm³/mol. The highest BCUT2D eigenvalue weighted by Crippen LogP contribution is 2.17. The van der Waals surface area contributed by atoms with Gasteiger partial charge in [0.25, 0.3) is 0 Å². The van der Waals surface area contributed by atoms with Crippen LogP contribution in [0.3, 0.4) is 0 Å². The lowest BCUT2D eigenvalue weighted by molar-refractivity contribution is 0.521. The van der Waals surface area contributed by atoms with E-state index in [4.69, 9.17) is 5.73 Å². The average Bonchev–Trinajstić information content (AvgIpc) is 2.82. The van der Waals surface area contributed by atoms with Crippen LogP contribution in [0.2, 0.25) is 0 Å². The van der Waals surface area contributed by atoms with Gasteiger partial charge in [0.1, 0.15) is 5.82 Å². The molecule has 2 aromatic rings. The van der Waals surface area contributed by atoms with Crippen LogP contribution < -0.4 is 11.1 Å². The van der Waals surface area contributed by atoms with Crippen molar-refractivity contribution in [1.29, 1.82) is 0 Å². The third-order valence-corrected chi connectivity index (χ3v) is 4.70. The zero-order valence-corrected chi connectivity index (χ0v) is 12.1. The van der Waals surface area contributed by atoms with Crippen LogP contribution in [0.15, 0.2) is 35.4 Å². The van der Waals surface area contributed by atoms with Gasteiger partial charge in [-0.25, -0.2) is 12.7 Å². The van der Waals surface area contributed by atoms with Gasteiger partial charge < -0.3 is 11.1 Å². The molecular weight excluding hydrogens is 278 g/mol. The van der Waals surface area contributed by atoms with Crippen LogP contribution in [-0.4, -0.2) is 37.0 Å². The van der Waals surface area contributed by atoms with Crippen molar-refractivity contribution in [2.45, 2.75) is 11.4 Å². The molecule has 20 heavy (non-hydrogen) atoms. The molecule has 7 nitrogen and oxygen atoms in total. The van der Waals surface area contributed by atoms with Gasteiger partial charge in [-0.3, -0.25) is 5.10 Å². The van der Waals surface area contributed by atoms with Gasteiger partial charge in [0.2, 0.25) is 10.0 Å². The SMILES string of the molecule is CN(C)S(=O)(=O)c1ccc(NCc2cn[nH]c2N)cc1. The lowest BCUT2D eigenvalue weighted by Gasteiger charge is -2.12. The van der Waals surface area contributed by atoms with Gasteiger partial charge in [0, 0.05) is 31.9 Å². The van der Waals surface area contributed by atoms with E-state index in [0.717, 1.165) is 11.3 Å². The van der Waals surface area contributed by atoms with Crippen LogP contribution in [0.25, 0.3) is 0 Å². The Labute approximate surface area is 117 Å². The van der Waals surface area contributed by atoms with E-state index in [1.165, 1.54) is 18.4 Å². The summed E-state index contributed by atoms with van der Waals surface area (Å²) in [4.78, 5) is 0.260. The molecule has 0 atom stereocenters. The van der Waals surface area contributed by atoms with E-state index in [1.807, 2.05) is 0 Å². The number of anilines is 2. The number of sulfonamides is 1. The second-order valence-electron chi connectivity index (χ2n) is 4.47. The topological polar surface area (TPSA) is 104 Å². The molecule has 0 radical (unpaired) electrons. The van der Waals surface area contributed by atoms with Crippen LogP contribution in [0.4, 0.5) is 11.5 Å². The van der Waals surface area contributed by atoms with E-state index in [-0.39, 0.29) is 4.90 Å². The van der Waals surface area contributed by atoms with Gasteiger partial charge >= 0.3 is 0 Å². The number of hydrogen-bond donors (Lipinski definition) is 3. The minimum absolute atomic E-state index is 0.260. The van der Waals surface area contributed by atoms with Crippen molar-refractivity contribution in [1.82, 2.24) is 14.5 Å². The van der Waals surface area contributed by atoms with E-state index < -0.39 is 10.0 Å². The Bertz CT molecular complexity index is 676. The van der Waals surface area contributed by atoms with Crippen LogP contribution in [0.1, 0.15) is 5.56 Å². The smallest absolute Gasteiger partial charge is 0.242 e. The number of benzene rings is 1. The highest BCUT2D eigenvalue weighted by atomic mass is 32.2. The molecule has 0 amide bonds. The lowest BCUT2D eigenvalue weighted by Crippen LogP contribution is -2.22. The molecule has 0 bridgehead atoms. The van der Waals surface area contributed by atoms with E-state index >= 15 is 0 Å². The summed E-state index contributed by atoms with van der Waals surface area (Å²) in [7, 11) is -0.382. The Morgan fingerprint density at radius 3 is 2.45 bits per heavy atom. The Hall–Kier alpha value is -2.06. The van der Waals surface area contributed by atoms with Crippen molar-refractivity contribution >= 4 is 21.5 Å². The molecule has 0 fully saturated rings. The summed E-state index contributed by atoms with van der Waals surface area (Å²) in [6.07, 6.45) is 1.65. The second-order valence-corrected chi connectivity index (χ2v) is 6.63. The first-order chi connectivity index (χ1) is 9.41. The summed E-state index contributed by atoms with van der Waals surface area (Å²) < 4.78 is 25.0. The summed E-state index contributed by atoms with van der Waals surface area (Å²) in [5.41, 5.74) is 7.34. The average molecular weight is 295 g/mol. The number of nitrogens with two attached hydrogens (primary N) is 1. The molecule has 1 aromatic carbocycles. The van der Waals surface area contributed by atoms with E-state index in [9.17, 15) is 8.42 Å². The minimum Gasteiger partial charge on any atom is -0.384 e. The largest absolute Gasteiger partial charge is 0.384 e. The molecule has 0 spiro atoms. The fourth-order valence-electron chi connectivity index (χ4n) is 1.61. The van der Waals surface area contributed by atoms with Gasteiger partial charge in [-0.1, -0.05) is 0 Å². The highest BCUT2D eigenvalue weighted by Gasteiger charge is 2.16. The summed E-state index contributed by atoms with van der Waals surface area (Å²) in [6.45, 7) is 0.516. The van der Waals surface area contributed by atoms with Crippen molar-refractivity contribution in [3.05, 3.63) is 36.0 Å². The third-order valence-electron chi connectivity index (χ3n) is 2.87. The highest BCUT2D eigenvalue weighted by molar-refractivity contribution is 7.89. The van der Waals surface area contributed by atoms with Crippen molar-refractivity contribution in [3.8, 4) is 0 Å². The fourth-order valence-corrected chi connectivity index (χ4v) is 2.52. The van der Waals surface area contributed by atoms with E-state index in [0.29, 0.717) is 12.4 Å². The number of hydrogen-bond acceptors (Lipinski definition) is 5. The number of aromatic nitrogens is 2. The summed E-state index contributed by atoms with van der Waals surface area (Å²) in [6, 6.07) is 6.56. The molecule has 4 N–H and O–H groups in total. The number of nitrogens with one attached hydrogen (secondary N) is 2. The molecule has 0 saturated heterocycles. The van der Waals surface area contributed by atoms with Crippen molar-refractivity contribution in [2.75, 3.05) is 25.1 Å². The van der Waals surface area contributed by atoms with Crippen molar-refractivity contribution in [2.24, 2.45) is 0 Å². The van der Waals surface area contributed by atoms with Gasteiger partial charge in [-0.05, 0) is 24.3 Å². The standard InChI is InChI=1S/C12H17N5O2S/c1-17(2)20(18,19)11-5-3-10(4-6-11)14-7-9-8-15-16-12(9)13/h3-6,8,14H,7H2,1-2H3,(H3,13,15,16). The first-order valence-corrected chi connectivity index (χ1v) is 7.39. The molecule has 0 aliphatic carbocycles. The molecule has 0 aliphatic heterocycles. The first kappa shape index (κ1) is 14.4. The Morgan fingerprint density at radius 2 is 1.95 bits per heavy atom. The Balaban J connectivity index is 2.08. The van der Waals surface area contributed by atoms with E-state index in [1.54, 1.807) is 30.5 Å². The molecule has 2 rings (SSSR count). The van der Waals surface area contributed by atoms with Crippen molar-refractivity contribution < 1.29 is 8.42 Å². The Kier molecular flexibility index (Phi) is 3.96. The maximum Gasteiger partial charge on any atom is 0.242 e. The first-order valence-electron chi connectivity index (χ1n) is 5.95. The van der Waals surface area contributed by atoms with Gasteiger partial charge in [0.05, 0.1) is 11.1 Å². The predicted octanol–water partition coefficient (Wildman–Crippen LogP) is 0.854. The van der Waals surface area contributed by atoms with Crippen LogP contribution in [0, 0.1) is 0 Å². The normalized spacial score (nSPS) is 11.8. The number of nitrogens with zero attached hydrogens (tertiary/aromatic N) is 2. The number of nitrogen functional groups attached to an aromatic ring is 1. The zero-order chi connectivity index (χ0) is 14.8. The maximum atomic E-state index is 11.9. The quantitative estimate of drug-likeness (QED) is 0.758. The minimum atomic E-state index is -3.39. The molecule has 0 saturated carbocycles. The molecule has 1 heterocycles. The van der Waals surface area contributed by atoms with Crippen LogP contribution >= 0.6 is 0 Å². The van der Waals surface area contributed by atoms with Crippen LogP contribution in [0.5, 0.6) is 0 Å². The lowest BCUT2D eigenvalue weighted by atomic mass is 10.3. The Morgan fingerprint density at radius 1 is 1.30 bits per heavy atom. The van der Waals surface area contributed by atoms with Crippen LogP contribution in [-0.2, 0) is 16.6 Å². The maximum absolute atomic E-state index is 11.9. The van der Waals surface area contributed by atoms with E-state index in [2.05, 4.69) is 15.5 Å². The van der Waals surface area contributed by atoms with Gasteiger partial charge in [-0.15, -0.1) is 0 Å². The monoisotopic (exact) mass is 295 g/mol.